The van der Waals surface area contributed by atoms with Crippen LogP contribution < -0.4 is 5.43 Å². The Kier molecular flexibility index (Phi) is 3.46. The van der Waals surface area contributed by atoms with E-state index >= 15 is 0 Å². The zero-order valence-corrected chi connectivity index (χ0v) is 11.3. The number of carbonyl (C=O) groups excluding carboxylic acids is 1. The summed E-state index contributed by atoms with van der Waals surface area (Å²) in [5, 5.41) is 11.9. The van der Waals surface area contributed by atoms with Crippen LogP contribution in [0.15, 0.2) is 52.2 Å². The SMILES string of the molecule is CC(C(=O)NN=Cc1ccco1)n1nnc2ccccc21. The van der Waals surface area contributed by atoms with Crippen molar-refractivity contribution < 1.29 is 9.21 Å². The molecule has 0 aliphatic heterocycles. The normalized spacial score (nSPS) is 12.8. The second kappa shape index (κ2) is 5.58. The molecule has 0 fully saturated rings. The molecular weight excluding hydrogens is 270 g/mol. The molecule has 1 aromatic carbocycles. The quantitative estimate of drug-likeness (QED) is 0.583. The van der Waals surface area contributed by atoms with E-state index in [-0.39, 0.29) is 5.91 Å². The maximum absolute atomic E-state index is 12.1. The Morgan fingerprint density at radius 3 is 3.05 bits per heavy atom. The number of hydrazone groups is 1. The van der Waals surface area contributed by atoms with Crippen molar-refractivity contribution in [1.29, 1.82) is 0 Å². The highest BCUT2D eigenvalue weighted by Crippen LogP contribution is 2.15. The van der Waals surface area contributed by atoms with Crippen LogP contribution >= 0.6 is 0 Å². The minimum atomic E-state index is -0.522. The number of furan rings is 1. The molecule has 2 aromatic heterocycles. The lowest BCUT2D eigenvalue weighted by molar-refractivity contribution is -0.124. The third kappa shape index (κ3) is 2.66. The van der Waals surface area contributed by atoms with Crippen LogP contribution in [0.2, 0.25) is 0 Å². The summed E-state index contributed by atoms with van der Waals surface area (Å²) in [5.74, 6) is 0.280. The van der Waals surface area contributed by atoms with E-state index in [4.69, 9.17) is 4.42 Å². The van der Waals surface area contributed by atoms with E-state index in [0.717, 1.165) is 11.0 Å². The summed E-state index contributed by atoms with van der Waals surface area (Å²) >= 11 is 0. The van der Waals surface area contributed by atoms with Crippen LogP contribution in [0.25, 0.3) is 11.0 Å². The molecule has 3 aromatic rings. The molecule has 2 heterocycles. The zero-order valence-electron chi connectivity index (χ0n) is 11.3. The molecule has 0 bridgehead atoms. The van der Waals surface area contributed by atoms with Gasteiger partial charge in [-0.05, 0) is 31.2 Å². The average Bonchev–Trinajstić information content (AvgIpc) is 3.15. The highest BCUT2D eigenvalue weighted by molar-refractivity contribution is 5.84. The number of benzene rings is 1. The number of hydrogen-bond acceptors (Lipinski definition) is 5. The number of hydrogen-bond donors (Lipinski definition) is 1. The fourth-order valence-electron chi connectivity index (χ4n) is 1.90. The highest BCUT2D eigenvalue weighted by Gasteiger charge is 2.18. The van der Waals surface area contributed by atoms with Gasteiger partial charge in [0.2, 0.25) is 0 Å². The number of para-hydroxylation sites is 1. The topological polar surface area (TPSA) is 85.3 Å². The van der Waals surface area contributed by atoms with Crippen molar-refractivity contribution >= 4 is 23.2 Å². The van der Waals surface area contributed by atoms with Crippen LogP contribution in [0.1, 0.15) is 18.7 Å². The smallest absolute Gasteiger partial charge is 0.264 e. The molecule has 7 nitrogen and oxygen atoms in total. The van der Waals surface area contributed by atoms with E-state index in [9.17, 15) is 4.79 Å². The average molecular weight is 283 g/mol. The number of fused-ring (bicyclic) bond motifs is 1. The van der Waals surface area contributed by atoms with Gasteiger partial charge in [-0.25, -0.2) is 10.1 Å². The first-order valence-electron chi connectivity index (χ1n) is 6.42. The fraction of sp³-hybridized carbons (Fsp3) is 0.143. The molecule has 1 unspecified atom stereocenters. The van der Waals surface area contributed by atoms with E-state index in [1.807, 2.05) is 24.3 Å². The van der Waals surface area contributed by atoms with Crippen molar-refractivity contribution in [2.24, 2.45) is 5.10 Å². The van der Waals surface area contributed by atoms with Gasteiger partial charge in [-0.2, -0.15) is 5.10 Å². The van der Waals surface area contributed by atoms with Gasteiger partial charge in [0, 0.05) is 0 Å². The largest absolute Gasteiger partial charge is 0.463 e. The number of nitrogens with one attached hydrogen (secondary N) is 1. The molecular formula is C14H13N5O2. The van der Waals surface area contributed by atoms with Gasteiger partial charge in [0.1, 0.15) is 17.3 Å². The van der Waals surface area contributed by atoms with E-state index < -0.39 is 6.04 Å². The van der Waals surface area contributed by atoms with Gasteiger partial charge >= 0.3 is 0 Å². The number of carbonyl (C=O) groups is 1. The van der Waals surface area contributed by atoms with Crippen LogP contribution in [0.4, 0.5) is 0 Å². The second-order valence-corrected chi connectivity index (χ2v) is 4.45. The van der Waals surface area contributed by atoms with Gasteiger partial charge in [-0.15, -0.1) is 5.10 Å². The Morgan fingerprint density at radius 1 is 1.38 bits per heavy atom. The molecule has 21 heavy (non-hydrogen) atoms. The van der Waals surface area contributed by atoms with Crippen LogP contribution in [0.5, 0.6) is 0 Å². The fourth-order valence-corrected chi connectivity index (χ4v) is 1.90. The summed E-state index contributed by atoms with van der Waals surface area (Å²) in [4.78, 5) is 12.1. The van der Waals surface area contributed by atoms with Crippen molar-refractivity contribution in [1.82, 2.24) is 20.4 Å². The van der Waals surface area contributed by atoms with E-state index in [1.165, 1.54) is 12.5 Å². The predicted molar refractivity (Wildman–Crippen MR) is 76.7 cm³/mol. The number of nitrogens with zero attached hydrogens (tertiary/aromatic N) is 4. The lowest BCUT2D eigenvalue weighted by atomic mass is 10.3. The minimum Gasteiger partial charge on any atom is -0.463 e. The Balaban J connectivity index is 1.72. The van der Waals surface area contributed by atoms with Crippen LogP contribution in [0, 0.1) is 0 Å². The van der Waals surface area contributed by atoms with Gasteiger partial charge in [0.15, 0.2) is 0 Å². The van der Waals surface area contributed by atoms with Gasteiger partial charge in [-0.1, -0.05) is 17.3 Å². The third-order valence-corrected chi connectivity index (χ3v) is 3.03. The third-order valence-electron chi connectivity index (χ3n) is 3.03. The first-order chi connectivity index (χ1) is 10.3. The van der Waals surface area contributed by atoms with Crippen LogP contribution in [-0.2, 0) is 4.79 Å². The Labute approximate surface area is 120 Å². The molecule has 106 valence electrons. The Bertz CT molecular complexity index is 776. The second-order valence-electron chi connectivity index (χ2n) is 4.45. The van der Waals surface area contributed by atoms with Gasteiger partial charge < -0.3 is 4.42 Å². The lowest BCUT2D eigenvalue weighted by Gasteiger charge is -2.10. The monoisotopic (exact) mass is 283 g/mol. The first kappa shape index (κ1) is 13.0. The molecule has 0 aliphatic carbocycles. The van der Waals surface area contributed by atoms with Crippen LogP contribution in [-0.4, -0.2) is 27.1 Å². The Hall–Kier alpha value is -2.96. The first-order valence-corrected chi connectivity index (χ1v) is 6.42. The summed E-state index contributed by atoms with van der Waals surface area (Å²) in [7, 11) is 0. The van der Waals surface area contributed by atoms with E-state index in [0.29, 0.717) is 5.76 Å². The van der Waals surface area contributed by atoms with Crippen molar-refractivity contribution in [2.45, 2.75) is 13.0 Å². The van der Waals surface area contributed by atoms with Crippen molar-refractivity contribution in [3.63, 3.8) is 0 Å². The molecule has 0 aliphatic rings. The van der Waals surface area contributed by atoms with Gasteiger partial charge in [-0.3, -0.25) is 4.79 Å². The van der Waals surface area contributed by atoms with Gasteiger partial charge in [0.05, 0.1) is 18.0 Å². The molecule has 0 saturated heterocycles. The summed E-state index contributed by atoms with van der Waals surface area (Å²) < 4.78 is 6.64. The summed E-state index contributed by atoms with van der Waals surface area (Å²) in [5.41, 5.74) is 4.00. The predicted octanol–water partition coefficient (Wildman–Crippen LogP) is 1.74. The van der Waals surface area contributed by atoms with Gasteiger partial charge in [0.25, 0.3) is 5.91 Å². The molecule has 1 N–H and O–H groups in total. The maximum Gasteiger partial charge on any atom is 0.264 e. The molecule has 7 heteroatoms. The van der Waals surface area contributed by atoms with Crippen molar-refractivity contribution in [3.8, 4) is 0 Å². The maximum atomic E-state index is 12.1. The number of amides is 1. The van der Waals surface area contributed by atoms with E-state index in [2.05, 4.69) is 20.8 Å². The molecule has 3 rings (SSSR count). The molecule has 1 amide bonds. The van der Waals surface area contributed by atoms with E-state index in [1.54, 1.807) is 23.7 Å². The number of rotatable bonds is 4. The highest BCUT2D eigenvalue weighted by atomic mass is 16.3. The van der Waals surface area contributed by atoms with Crippen molar-refractivity contribution in [2.75, 3.05) is 0 Å². The number of aromatic nitrogens is 3. The molecule has 0 spiro atoms. The Morgan fingerprint density at radius 2 is 2.24 bits per heavy atom. The summed E-state index contributed by atoms with van der Waals surface area (Å²) in [6.07, 6.45) is 2.97. The van der Waals surface area contributed by atoms with Crippen LogP contribution in [0.3, 0.4) is 0 Å². The minimum absolute atomic E-state index is 0.284. The summed E-state index contributed by atoms with van der Waals surface area (Å²) in [6, 6.07) is 10.4. The molecule has 0 radical (unpaired) electrons. The summed E-state index contributed by atoms with van der Waals surface area (Å²) in [6.45, 7) is 1.73. The zero-order chi connectivity index (χ0) is 14.7. The standard InChI is InChI=1S/C14H13N5O2/c1-10(14(20)17-15-9-11-5-4-8-21-11)19-13-7-3-2-6-12(13)16-18-19/h2-10H,1H3,(H,17,20). The lowest BCUT2D eigenvalue weighted by Crippen LogP contribution is -2.28. The molecule has 0 saturated carbocycles. The van der Waals surface area contributed by atoms with Crippen molar-refractivity contribution in [3.05, 3.63) is 48.4 Å². The molecule has 1 atom stereocenters.